The van der Waals surface area contributed by atoms with Crippen LogP contribution in [0.15, 0.2) is 30.6 Å². The maximum atomic E-state index is 12.4. The summed E-state index contributed by atoms with van der Waals surface area (Å²) < 4.78 is 9.16. The first-order valence-electron chi connectivity index (χ1n) is 9.71. The van der Waals surface area contributed by atoms with Crippen LogP contribution in [0.25, 0.3) is 5.82 Å². The minimum absolute atomic E-state index is 0.313. The summed E-state index contributed by atoms with van der Waals surface area (Å²) in [7, 11) is 0. The van der Waals surface area contributed by atoms with Crippen molar-refractivity contribution in [2.45, 2.75) is 39.7 Å². The zero-order chi connectivity index (χ0) is 20.4. The monoisotopic (exact) mass is 395 g/mol. The second-order valence-corrected chi connectivity index (χ2v) is 7.25. The molecule has 1 aliphatic heterocycles. The predicted molar refractivity (Wildman–Crippen MR) is 110 cm³/mol. The van der Waals surface area contributed by atoms with E-state index in [9.17, 15) is 4.79 Å². The molecule has 0 aliphatic carbocycles. The predicted octanol–water partition coefficient (Wildman–Crippen LogP) is 3.38. The number of anilines is 2. The Bertz CT molecular complexity index is 1000. The number of nitrogens with one attached hydrogen (secondary N) is 2. The van der Waals surface area contributed by atoms with Crippen LogP contribution < -0.4 is 10.6 Å². The molecule has 4 rings (SSSR count). The number of rotatable bonds is 4. The Morgan fingerprint density at radius 2 is 1.93 bits per heavy atom. The third-order valence-corrected chi connectivity index (χ3v) is 5.06. The Balaban J connectivity index is 1.40. The Kier molecular flexibility index (Phi) is 5.30. The number of aromatic nitrogens is 5. The fraction of sp³-hybridized carbons (Fsp3) is 0.400. The van der Waals surface area contributed by atoms with Crippen molar-refractivity contribution < 1.29 is 9.53 Å². The van der Waals surface area contributed by atoms with Crippen LogP contribution in [0.3, 0.4) is 0 Å². The van der Waals surface area contributed by atoms with E-state index < -0.39 is 0 Å². The summed E-state index contributed by atoms with van der Waals surface area (Å²) in [6.45, 7) is 7.37. The highest BCUT2D eigenvalue weighted by atomic mass is 16.5. The highest BCUT2D eigenvalue weighted by molar-refractivity contribution is 5.99. The van der Waals surface area contributed by atoms with Gasteiger partial charge in [-0.05, 0) is 51.8 Å². The molecule has 4 heterocycles. The minimum atomic E-state index is -0.333. The lowest BCUT2D eigenvalue weighted by Gasteiger charge is -2.23. The number of carbonyl (C=O) groups is 1. The number of aryl methyl sites for hydroxylation is 2. The molecule has 0 spiro atoms. The molecule has 3 aromatic rings. The van der Waals surface area contributed by atoms with Crippen molar-refractivity contribution in [2.75, 3.05) is 23.8 Å². The largest absolute Gasteiger partial charge is 0.381 e. The average Bonchev–Trinajstić information content (AvgIpc) is 3.24. The Morgan fingerprint density at radius 3 is 2.59 bits per heavy atom. The van der Waals surface area contributed by atoms with Crippen LogP contribution in [-0.4, -0.2) is 43.8 Å². The second kappa shape index (κ2) is 8.04. The molecule has 1 aliphatic rings. The van der Waals surface area contributed by atoms with Crippen molar-refractivity contribution in [2.24, 2.45) is 0 Å². The van der Waals surface area contributed by atoms with Gasteiger partial charge in [-0.2, -0.15) is 10.2 Å². The highest BCUT2D eigenvalue weighted by Crippen LogP contribution is 2.25. The first kappa shape index (κ1) is 19.1. The quantitative estimate of drug-likeness (QED) is 0.705. The first-order chi connectivity index (χ1) is 14.0. The minimum Gasteiger partial charge on any atom is -0.381 e. The molecule has 0 aromatic carbocycles. The van der Waals surface area contributed by atoms with Crippen molar-refractivity contribution in [3.05, 3.63) is 47.7 Å². The van der Waals surface area contributed by atoms with Crippen LogP contribution in [0.5, 0.6) is 0 Å². The van der Waals surface area contributed by atoms with Crippen LogP contribution >= 0.6 is 0 Å². The fourth-order valence-corrected chi connectivity index (χ4v) is 3.57. The van der Waals surface area contributed by atoms with Gasteiger partial charge in [0.05, 0.1) is 41.2 Å². The molecular formula is C20H25N7O2. The molecule has 9 heteroatoms. The van der Waals surface area contributed by atoms with E-state index in [4.69, 9.17) is 4.74 Å². The van der Waals surface area contributed by atoms with Gasteiger partial charge in [-0.15, -0.1) is 0 Å². The number of pyridine rings is 1. The van der Waals surface area contributed by atoms with Gasteiger partial charge in [0.15, 0.2) is 5.82 Å². The van der Waals surface area contributed by atoms with Crippen molar-refractivity contribution in [1.82, 2.24) is 24.5 Å². The summed E-state index contributed by atoms with van der Waals surface area (Å²) in [6, 6.07) is 5.60. The van der Waals surface area contributed by atoms with Gasteiger partial charge in [-0.1, -0.05) is 0 Å². The van der Waals surface area contributed by atoms with Gasteiger partial charge in [-0.25, -0.2) is 14.5 Å². The van der Waals surface area contributed by atoms with E-state index in [0.717, 1.165) is 43.1 Å². The van der Waals surface area contributed by atoms with Gasteiger partial charge in [-0.3, -0.25) is 4.68 Å². The van der Waals surface area contributed by atoms with E-state index in [1.165, 1.54) is 0 Å². The molecule has 3 aromatic heterocycles. The summed E-state index contributed by atoms with van der Waals surface area (Å²) in [5.74, 6) is 0.704. The SMILES string of the molecule is Cc1cc(C)n(-c2ccc(NC(=O)Nc3cnn(C4CCOCC4)c3C)cn2)n1. The van der Waals surface area contributed by atoms with Crippen molar-refractivity contribution in [3.8, 4) is 5.82 Å². The van der Waals surface area contributed by atoms with Gasteiger partial charge in [0.1, 0.15) is 0 Å². The third-order valence-electron chi connectivity index (χ3n) is 5.06. The summed E-state index contributed by atoms with van der Waals surface area (Å²) >= 11 is 0. The number of carbonyl (C=O) groups excluding carboxylic acids is 1. The molecule has 29 heavy (non-hydrogen) atoms. The lowest BCUT2D eigenvalue weighted by molar-refractivity contribution is 0.0657. The van der Waals surface area contributed by atoms with E-state index >= 15 is 0 Å². The normalized spacial score (nSPS) is 14.7. The highest BCUT2D eigenvalue weighted by Gasteiger charge is 2.20. The lowest BCUT2D eigenvalue weighted by atomic mass is 10.1. The lowest BCUT2D eigenvalue weighted by Crippen LogP contribution is -2.22. The number of hydrogen-bond acceptors (Lipinski definition) is 5. The Hall–Kier alpha value is -3.20. The number of amides is 2. The molecule has 0 saturated carbocycles. The fourth-order valence-electron chi connectivity index (χ4n) is 3.57. The Labute approximate surface area is 169 Å². The van der Waals surface area contributed by atoms with Crippen LogP contribution in [0.2, 0.25) is 0 Å². The maximum Gasteiger partial charge on any atom is 0.323 e. The van der Waals surface area contributed by atoms with Crippen LogP contribution in [0.1, 0.15) is 36.0 Å². The van der Waals surface area contributed by atoms with E-state index in [1.54, 1.807) is 23.1 Å². The zero-order valence-electron chi connectivity index (χ0n) is 16.8. The standard InChI is InChI=1S/C20H25N7O2/c1-13-10-14(2)26(25-13)19-5-4-16(11-21-19)23-20(28)24-18-12-22-27(15(18)3)17-6-8-29-9-7-17/h4-5,10-12,17H,6-9H2,1-3H3,(H2,23,24,28). The van der Waals surface area contributed by atoms with Crippen molar-refractivity contribution in [3.63, 3.8) is 0 Å². The third kappa shape index (κ3) is 4.14. The van der Waals surface area contributed by atoms with Gasteiger partial charge < -0.3 is 15.4 Å². The average molecular weight is 395 g/mol. The molecule has 0 bridgehead atoms. The van der Waals surface area contributed by atoms with Gasteiger partial charge >= 0.3 is 6.03 Å². The second-order valence-electron chi connectivity index (χ2n) is 7.25. The summed E-state index contributed by atoms with van der Waals surface area (Å²) in [4.78, 5) is 16.8. The molecular weight excluding hydrogens is 370 g/mol. The molecule has 0 atom stereocenters. The van der Waals surface area contributed by atoms with Crippen molar-refractivity contribution >= 4 is 17.4 Å². The van der Waals surface area contributed by atoms with E-state index in [2.05, 4.69) is 25.8 Å². The van der Waals surface area contributed by atoms with Crippen LogP contribution in [0, 0.1) is 20.8 Å². The molecule has 2 N–H and O–H groups in total. The topological polar surface area (TPSA) is 98.9 Å². The maximum absolute atomic E-state index is 12.4. The van der Waals surface area contributed by atoms with Crippen LogP contribution in [0.4, 0.5) is 16.2 Å². The smallest absolute Gasteiger partial charge is 0.323 e. The number of ether oxygens (including phenoxy) is 1. The van der Waals surface area contributed by atoms with E-state index in [0.29, 0.717) is 23.2 Å². The molecule has 1 fully saturated rings. The first-order valence-corrected chi connectivity index (χ1v) is 9.71. The van der Waals surface area contributed by atoms with Gasteiger partial charge in [0.2, 0.25) is 0 Å². The zero-order valence-corrected chi connectivity index (χ0v) is 16.8. The summed E-state index contributed by atoms with van der Waals surface area (Å²) in [5.41, 5.74) is 4.17. The molecule has 2 amide bonds. The molecule has 152 valence electrons. The Morgan fingerprint density at radius 1 is 1.14 bits per heavy atom. The molecule has 0 unspecified atom stereocenters. The number of hydrogen-bond donors (Lipinski definition) is 2. The molecule has 1 saturated heterocycles. The van der Waals surface area contributed by atoms with Gasteiger partial charge in [0.25, 0.3) is 0 Å². The van der Waals surface area contributed by atoms with E-state index in [1.807, 2.05) is 37.6 Å². The molecule has 9 nitrogen and oxygen atoms in total. The summed E-state index contributed by atoms with van der Waals surface area (Å²) in [5, 5.41) is 14.5. The number of nitrogens with zero attached hydrogens (tertiary/aromatic N) is 5. The summed E-state index contributed by atoms with van der Waals surface area (Å²) in [6.07, 6.45) is 5.17. The number of urea groups is 1. The molecule has 0 radical (unpaired) electrons. The van der Waals surface area contributed by atoms with Crippen LogP contribution in [-0.2, 0) is 4.74 Å². The van der Waals surface area contributed by atoms with E-state index in [-0.39, 0.29) is 6.03 Å². The van der Waals surface area contributed by atoms with Crippen molar-refractivity contribution in [1.29, 1.82) is 0 Å². The van der Waals surface area contributed by atoms with Gasteiger partial charge in [0, 0.05) is 18.9 Å².